The summed E-state index contributed by atoms with van der Waals surface area (Å²) >= 11 is 6.03. The molecule has 2 rings (SSSR count). The molecule has 0 radical (unpaired) electrons. The molecule has 0 aliphatic carbocycles. The molecule has 0 fully saturated rings. The lowest BCUT2D eigenvalue weighted by Gasteiger charge is -2.12. The van der Waals surface area contributed by atoms with Gasteiger partial charge in [0.05, 0.1) is 16.8 Å². The number of hydrogen-bond donors (Lipinski definition) is 1. The molecule has 0 spiro atoms. The van der Waals surface area contributed by atoms with E-state index in [0.29, 0.717) is 11.4 Å². The van der Waals surface area contributed by atoms with E-state index in [2.05, 4.69) is 10.1 Å². The molecule has 0 bridgehead atoms. The number of nitrogens with zero attached hydrogens (tertiary/aromatic N) is 3. The van der Waals surface area contributed by atoms with E-state index in [1.807, 2.05) is 19.2 Å². The molecule has 1 atom stereocenters. The molecule has 1 unspecified atom stereocenters. The van der Waals surface area contributed by atoms with E-state index in [1.165, 1.54) is 0 Å². The smallest absolute Gasteiger partial charge is 0.0622 e. The summed E-state index contributed by atoms with van der Waals surface area (Å²) < 4.78 is 1.78. The van der Waals surface area contributed by atoms with Crippen molar-refractivity contribution < 1.29 is 0 Å². The van der Waals surface area contributed by atoms with Gasteiger partial charge in [-0.2, -0.15) is 5.10 Å². The largest absolute Gasteiger partial charge is 0.322 e. The topological polar surface area (TPSA) is 56.7 Å². The highest BCUT2D eigenvalue weighted by atomic mass is 35.5. The zero-order valence-corrected chi connectivity index (χ0v) is 9.72. The quantitative estimate of drug-likeness (QED) is 0.883. The monoisotopic (exact) mass is 236 g/mol. The van der Waals surface area contributed by atoms with Gasteiger partial charge in [0.25, 0.3) is 0 Å². The Bertz CT molecular complexity index is 480. The van der Waals surface area contributed by atoms with Crippen molar-refractivity contribution in [2.45, 2.75) is 12.5 Å². The molecule has 16 heavy (non-hydrogen) atoms. The average molecular weight is 237 g/mol. The molecule has 84 valence electrons. The van der Waals surface area contributed by atoms with E-state index in [1.54, 1.807) is 23.3 Å². The summed E-state index contributed by atoms with van der Waals surface area (Å²) in [5.74, 6) is 0. The fourth-order valence-corrected chi connectivity index (χ4v) is 1.86. The van der Waals surface area contributed by atoms with Gasteiger partial charge in [-0.15, -0.1) is 0 Å². The second kappa shape index (κ2) is 4.63. The van der Waals surface area contributed by atoms with E-state index in [4.69, 9.17) is 17.3 Å². The zero-order chi connectivity index (χ0) is 11.5. The Morgan fingerprint density at radius 3 is 2.88 bits per heavy atom. The Labute approximate surface area is 99.1 Å². The summed E-state index contributed by atoms with van der Waals surface area (Å²) in [4.78, 5) is 3.94. The molecule has 4 nitrogen and oxygen atoms in total. The minimum atomic E-state index is -0.104. The highest BCUT2D eigenvalue weighted by molar-refractivity contribution is 6.31. The van der Waals surface area contributed by atoms with Gasteiger partial charge in [-0.1, -0.05) is 11.6 Å². The second-order valence-corrected chi connectivity index (χ2v) is 4.06. The lowest BCUT2D eigenvalue weighted by Crippen LogP contribution is -2.17. The van der Waals surface area contributed by atoms with Crippen LogP contribution >= 0.6 is 11.6 Å². The Morgan fingerprint density at radius 2 is 2.25 bits per heavy atom. The average Bonchev–Trinajstić information content (AvgIpc) is 2.68. The van der Waals surface area contributed by atoms with Crippen LogP contribution in [0, 0.1) is 0 Å². The van der Waals surface area contributed by atoms with Gasteiger partial charge in [-0.3, -0.25) is 9.67 Å². The molecular formula is C11H13ClN4. The number of pyridine rings is 1. The van der Waals surface area contributed by atoms with Gasteiger partial charge in [-0.25, -0.2) is 0 Å². The van der Waals surface area contributed by atoms with Crippen LogP contribution in [0.3, 0.4) is 0 Å². The molecule has 0 aliphatic heterocycles. The second-order valence-electron chi connectivity index (χ2n) is 3.66. The minimum Gasteiger partial charge on any atom is -0.322 e. The summed E-state index contributed by atoms with van der Waals surface area (Å²) in [5, 5.41) is 4.75. The van der Waals surface area contributed by atoms with Gasteiger partial charge in [0.2, 0.25) is 0 Å². The fourth-order valence-electron chi connectivity index (χ4n) is 1.66. The van der Waals surface area contributed by atoms with Crippen LogP contribution in [0.5, 0.6) is 0 Å². The molecule has 0 amide bonds. The van der Waals surface area contributed by atoms with Gasteiger partial charge in [0, 0.05) is 25.6 Å². The van der Waals surface area contributed by atoms with Crippen molar-refractivity contribution in [3.05, 3.63) is 47.0 Å². The maximum absolute atomic E-state index is 6.10. The van der Waals surface area contributed by atoms with Gasteiger partial charge < -0.3 is 5.73 Å². The molecule has 0 aliphatic rings. The first-order valence-corrected chi connectivity index (χ1v) is 5.38. The first-order chi connectivity index (χ1) is 7.68. The molecule has 0 aromatic carbocycles. The van der Waals surface area contributed by atoms with Crippen LogP contribution in [0.1, 0.15) is 17.3 Å². The number of nitrogens with two attached hydrogens (primary N) is 1. The van der Waals surface area contributed by atoms with E-state index in [9.17, 15) is 0 Å². The van der Waals surface area contributed by atoms with Crippen LogP contribution in [-0.2, 0) is 13.5 Å². The van der Waals surface area contributed by atoms with Crippen LogP contribution < -0.4 is 5.73 Å². The van der Waals surface area contributed by atoms with Crippen molar-refractivity contribution in [3.8, 4) is 0 Å². The Balaban J connectivity index is 2.17. The molecular weight excluding hydrogens is 224 g/mol. The first kappa shape index (κ1) is 11.1. The van der Waals surface area contributed by atoms with Gasteiger partial charge in [-0.05, 0) is 24.1 Å². The number of rotatable bonds is 3. The standard InChI is InChI=1S/C11H13ClN4/c1-16-11(3-5-15-16)10(13)6-8-2-4-14-7-9(8)12/h2-5,7,10H,6,13H2,1H3. The van der Waals surface area contributed by atoms with E-state index >= 15 is 0 Å². The highest BCUT2D eigenvalue weighted by Gasteiger charge is 2.12. The molecule has 2 heterocycles. The molecule has 0 saturated carbocycles. The Hall–Kier alpha value is -1.39. The van der Waals surface area contributed by atoms with E-state index in [0.717, 1.165) is 11.3 Å². The molecule has 2 aromatic rings. The van der Waals surface area contributed by atoms with Crippen molar-refractivity contribution in [2.24, 2.45) is 12.8 Å². The third-order valence-corrected chi connectivity index (χ3v) is 2.88. The zero-order valence-electron chi connectivity index (χ0n) is 8.97. The highest BCUT2D eigenvalue weighted by Crippen LogP contribution is 2.20. The van der Waals surface area contributed by atoms with Crippen molar-refractivity contribution in [2.75, 3.05) is 0 Å². The lowest BCUT2D eigenvalue weighted by molar-refractivity contribution is 0.617. The van der Waals surface area contributed by atoms with Gasteiger partial charge >= 0.3 is 0 Å². The number of halogens is 1. The van der Waals surface area contributed by atoms with Crippen LogP contribution in [0.15, 0.2) is 30.7 Å². The fraction of sp³-hybridized carbons (Fsp3) is 0.273. The van der Waals surface area contributed by atoms with E-state index < -0.39 is 0 Å². The number of aromatic nitrogens is 3. The molecule has 5 heteroatoms. The van der Waals surface area contributed by atoms with Crippen LogP contribution in [0.2, 0.25) is 5.02 Å². The van der Waals surface area contributed by atoms with Gasteiger partial charge in [0.1, 0.15) is 0 Å². The van der Waals surface area contributed by atoms with E-state index in [-0.39, 0.29) is 6.04 Å². The lowest BCUT2D eigenvalue weighted by atomic mass is 10.1. The maximum atomic E-state index is 6.10. The summed E-state index contributed by atoms with van der Waals surface area (Å²) in [6.07, 6.45) is 5.77. The predicted octanol–water partition coefficient (Wildman–Crippen LogP) is 1.71. The SMILES string of the molecule is Cn1nccc1C(N)Cc1ccncc1Cl. The maximum Gasteiger partial charge on any atom is 0.0622 e. The van der Waals surface area contributed by atoms with Crippen LogP contribution in [-0.4, -0.2) is 14.8 Å². The van der Waals surface area contributed by atoms with Crippen molar-refractivity contribution in [1.29, 1.82) is 0 Å². The number of aryl methyl sites for hydroxylation is 1. The van der Waals surface area contributed by atoms with Crippen LogP contribution in [0.25, 0.3) is 0 Å². The Morgan fingerprint density at radius 1 is 1.44 bits per heavy atom. The third-order valence-electron chi connectivity index (χ3n) is 2.53. The summed E-state index contributed by atoms with van der Waals surface area (Å²) in [6.45, 7) is 0. The number of hydrogen-bond acceptors (Lipinski definition) is 3. The summed E-state index contributed by atoms with van der Waals surface area (Å²) in [7, 11) is 1.88. The van der Waals surface area contributed by atoms with Crippen molar-refractivity contribution >= 4 is 11.6 Å². The normalized spacial score (nSPS) is 12.7. The molecule has 0 saturated heterocycles. The summed E-state index contributed by atoms with van der Waals surface area (Å²) in [6, 6.07) is 3.70. The van der Waals surface area contributed by atoms with Gasteiger partial charge in [0.15, 0.2) is 0 Å². The molecule has 2 aromatic heterocycles. The first-order valence-electron chi connectivity index (χ1n) is 5.00. The minimum absolute atomic E-state index is 0.104. The third kappa shape index (κ3) is 2.23. The Kier molecular flexibility index (Phi) is 3.22. The predicted molar refractivity (Wildman–Crippen MR) is 63.1 cm³/mol. The summed E-state index contributed by atoms with van der Waals surface area (Å²) in [5.41, 5.74) is 8.10. The van der Waals surface area contributed by atoms with Crippen molar-refractivity contribution in [1.82, 2.24) is 14.8 Å². The van der Waals surface area contributed by atoms with Crippen LogP contribution in [0.4, 0.5) is 0 Å². The molecule has 2 N–H and O–H groups in total. The van der Waals surface area contributed by atoms with Crippen molar-refractivity contribution in [3.63, 3.8) is 0 Å².